The summed E-state index contributed by atoms with van der Waals surface area (Å²) < 4.78 is 17.3. The summed E-state index contributed by atoms with van der Waals surface area (Å²) in [5.74, 6) is -0.260. The van der Waals surface area contributed by atoms with Gasteiger partial charge in [0.15, 0.2) is 12.2 Å². The molecule has 188 valence electrons. The topological polar surface area (TPSA) is 114 Å². The van der Waals surface area contributed by atoms with Crippen molar-refractivity contribution in [1.82, 2.24) is 0 Å². The van der Waals surface area contributed by atoms with Crippen LogP contribution in [0.1, 0.15) is 11.7 Å². The highest BCUT2D eigenvalue weighted by atomic mass is 32.2. The number of ether oxygens (including phenoxy) is 3. The lowest BCUT2D eigenvalue weighted by atomic mass is 10.0. The van der Waals surface area contributed by atoms with Crippen LogP contribution in [-0.4, -0.2) is 47.8 Å². The number of aliphatic hydroxyl groups excluding tert-OH is 1. The number of hydrogen-bond donors (Lipinski definition) is 3. The minimum Gasteiger partial charge on any atom is -0.491 e. The molecule has 8 nitrogen and oxygen atoms in total. The quantitative estimate of drug-likeness (QED) is 0.227. The van der Waals surface area contributed by atoms with Gasteiger partial charge in [-0.15, -0.1) is 11.8 Å². The van der Waals surface area contributed by atoms with Crippen molar-refractivity contribution in [3.8, 4) is 11.5 Å². The molecule has 1 amide bonds. The number of carbonyl (C=O) groups is 2. The number of carboxylic acid groups (broad SMARTS) is 1. The number of hydrogen-bond acceptors (Lipinski definition) is 7. The summed E-state index contributed by atoms with van der Waals surface area (Å²) in [6.45, 7) is -0.0760. The maximum absolute atomic E-state index is 12.9. The summed E-state index contributed by atoms with van der Waals surface area (Å²) in [7, 11) is 0. The van der Waals surface area contributed by atoms with Crippen LogP contribution in [0.4, 0.5) is 10.5 Å². The Morgan fingerprint density at radius 3 is 2.39 bits per heavy atom. The van der Waals surface area contributed by atoms with E-state index < -0.39 is 24.3 Å². The van der Waals surface area contributed by atoms with Crippen molar-refractivity contribution < 1.29 is 34.0 Å². The van der Waals surface area contributed by atoms with E-state index in [1.54, 1.807) is 72.4 Å². The van der Waals surface area contributed by atoms with Gasteiger partial charge in [-0.25, -0.2) is 9.59 Å². The lowest BCUT2D eigenvalue weighted by molar-refractivity contribution is -0.131. The van der Waals surface area contributed by atoms with E-state index >= 15 is 0 Å². The Morgan fingerprint density at radius 1 is 1.00 bits per heavy atom. The fraction of sp³-hybridized carbons (Fsp3) is 0.185. The molecule has 3 aromatic carbocycles. The first-order valence-electron chi connectivity index (χ1n) is 11.1. The number of benzene rings is 3. The maximum atomic E-state index is 12.9. The number of aliphatic hydroxyl groups is 1. The number of nitrogens with one attached hydrogen (secondary N) is 1. The second-order valence-corrected chi connectivity index (χ2v) is 8.30. The average Bonchev–Trinajstić information content (AvgIpc) is 2.89. The standard InChI is InChI=1S/C27H27NO7S/c1-36-23-12-10-20(11-13-23)28-27(32)35-26(19-6-5-9-22(18-19)33-17-16-29)24(14-15-25(30)31)34-21-7-3-2-4-8-21/h2-15,18,24,26,29H,16-17H2,1H3,(H,28,32)(H,30,31)/b15-14+/t24-,26-/m1/s1. The van der Waals surface area contributed by atoms with Crippen molar-refractivity contribution in [3.63, 3.8) is 0 Å². The van der Waals surface area contributed by atoms with Crippen LogP contribution in [0.2, 0.25) is 0 Å². The fourth-order valence-electron chi connectivity index (χ4n) is 3.24. The number of aliphatic carboxylic acids is 1. The average molecular weight is 510 g/mol. The van der Waals surface area contributed by atoms with E-state index in [0.717, 1.165) is 11.0 Å². The molecule has 0 saturated heterocycles. The molecule has 2 atom stereocenters. The predicted octanol–water partition coefficient (Wildman–Crippen LogP) is 5.16. The lowest BCUT2D eigenvalue weighted by Crippen LogP contribution is -2.29. The zero-order chi connectivity index (χ0) is 25.8. The van der Waals surface area contributed by atoms with Crippen LogP contribution in [0.3, 0.4) is 0 Å². The first-order valence-corrected chi connectivity index (χ1v) is 12.3. The third-order valence-electron chi connectivity index (χ3n) is 4.86. The molecule has 0 heterocycles. The maximum Gasteiger partial charge on any atom is 0.412 e. The molecule has 0 aliphatic heterocycles. The summed E-state index contributed by atoms with van der Waals surface area (Å²) in [5, 5.41) is 21.0. The number of carbonyl (C=O) groups excluding carboxylic acids is 1. The number of carboxylic acids is 1. The van der Waals surface area contributed by atoms with Gasteiger partial charge in [-0.2, -0.15) is 0 Å². The Balaban J connectivity index is 1.92. The summed E-state index contributed by atoms with van der Waals surface area (Å²) in [4.78, 5) is 25.2. The van der Waals surface area contributed by atoms with Crippen LogP contribution in [0, 0.1) is 0 Å². The number of para-hydroxylation sites is 1. The van der Waals surface area contributed by atoms with Crippen LogP contribution in [0.15, 0.2) is 95.9 Å². The highest BCUT2D eigenvalue weighted by Gasteiger charge is 2.28. The van der Waals surface area contributed by atoms with E-state index in [2.05, 4.69) is 5.32 Å². The van der Waals surface area contributed by atoms with Crippen molar-refractivity contribution >= 4 is 29.5 Å². The molecule has 3 N–H and O–H groups in total. The second-order valence-electron chi connectivity index (χ2n) is 7.42. The molecule has 0 saturated carbocycles. The molecular weight excluding hydrogens is 482 g/mol. The van der Waals surface area contributed by atoms with E-state index in [9.17, 15) is 14.7 Å². The SMILES string of the molecule is CSc1ccc(NC(=O)O[C@H](c2cccc(OCCO)c2)[C@@H](/C=C/C(=O)O)Oc2ccccc2)cc1. The molecule has 3 rings (SSSR count). The van der Waals surface area contributed by atoms with E-state index in [4.69, 9.17) is 19.3 Å². The highest BCUT2D eigenvalue weighted by molar-refractivity contribution is 7.98. The van der Waals surface area contributed by atoms with Crippen molar-refractivity contribution in [3.05, 3.63) is 96.6 Å². The largest absolute Gasteiger partial charge is 0.491 e. The first kappa shape index (κ1) is 26.7. The van der Waals surface area contributed by atoms with E-state index in [1.807, 2.05) is 24.5 Å². The molecule has 0 unspecified atom stereocenters. The minimum absolute atomic E-state index is 0.0877. The second kappa shape index (κ2) is 13.8. The smallest absolute Gasteiger partial charge is 0.412 e. The molecule has 0 aliphatic carbocycles. The molecule has 3 aromatic rings. The molecule has 9 heteroatoms. The van der Waals surface area contributed by atoms with E-state index in [0.29, 0.717) is 22.7 Å². The molecule has 0 radical (unpaired) electrons. The van der Waals surface area contributed by atoms with Crippen molar-refractivity contribution in [2.24, 2.45) is 0 Å². The molecule has 0 bridgehead atoms. The Bertz CT molecular complexity index is 1150. The van der Waals surface area contributed by atoms with Gasteiger partial charge in [0.2, 0.25) is 0 Å². The lowest BCUT2D eigenvalue weighted by Gasteiger charge is -2.26. The Labute approximate surface area is 213 Å². The van der Waals surface area contributed by atoms with Crippen molar-refractivity contribution in [2.75, 3.05) is 24.8 Å². The van der Waals surface area contributed by atoms with Gasteiger partial charge < -0.3 is 24.4 Å². The highest BCUT2D eigenvalue weighted by Crippen LogP contribution is 2.30. The summed E-state index contributed by atoms with van der Waals surface area (Å²) in [6.07, 6.45) is 1.45. The Hall–Kier alpha value is -3.95. The van der Waals surface area contributed by atoms with Crippen LogP contribution >= 0.6 is 11.8 Å². The monoisotopic (exact) mass is 509 g/mol. The van der Waals surface area contributed by atoms with E-state index in [-0.39, 0.29) is 13.2 Å². The van der Waals surface area contributed by atoms with Gasteiger partial charge in [0, 0.05) is 22.2 Å². The first-order chi connectivity index (χ1) is 17.5. The van der Waals surface area contributed by atoms with E-state index in [1.165, 1.54) is 6.08 Å². The third-order valence-corrected chi connectivity index (χ3v) is 5.60. The van der Waals surface area contributed by atoms with Gasteiger partial charge >= 0.3 is 12.1 Å². The van der Waals surface area contributed by atoms with Gasteiger partial charge in [0.05, 0.1) is 6.61 Å². The van der Waals surface area contributed by atoms with Gasteiger partial charge in [0.1, 0.15) is 18.1 Å². The molecule has 36 heavy (non-hydrogen) atoms. The van der Waals surface area contributed by atoms with Gasteiger partial charge in [0.25, 0.3) is 0 Å². The molecule has 0 fully saturated rings. The Kier molecular flexibility index (Phi) is 10.2. The molecule has 0 aliphatic rings. The van der Waals surface area contributed by atoms with Crippen LogP contribution in [0.25, 0.3) is 0 Å². The van der Waals surface area contributed by atoms with Gasteiger partial charge in [-0.05, 0) is 60.9 Å². The zero-order valence-electron chi connectivity index (χ0n) is 19.6. The summed E-state index contributed by atoms with van der Waals surface area (Å²) in [6, 6.07) is 22.8. The summed E-state index contributed by atoms with van der Waals surface area (Å²) >= 11 is 1.58. The zero-order valence-corrected chi connectivity index (χ0v) is 20.4. The minimum atomic E-state index is -1.17. The number of anilines is 1. The number of rotatable bonds is 12. The van der Waals surface area contributed by atoms with Crippen molar-refractivity contribution in [1.29, 1.82) is 0 Å². The normalized spacial score (nSPS) is 12.5. The van der Waals surface area contributed by atoms with Crippen molar-refractivity contribution in [2.45, 2.75) is 17.1 Å². The van der Waals surface area contributed by atoms with Crippen LogP contribution in [-0.2, 0) is 9.53 Å². The number of amides is 1. The summed E-state index contributed by atoms with van der Waals surface area (Å²) in [5.41, 5.74) is 1.05. The molecule has 0 spiro atoms. The fourth-order valence-corrected chi connectivity index (χ4v) is 3.65. The van der Waals surface area contributed by atoms with Gasteiger partial charge in [-0.1, -0.05) is 30.3 Å². The number of thioether (sulfide) groups is 1. The van der Waals surface area contributed by atoms with Crippen LogP contribution < -0.4 is 14.8 Å². The molecular formula is C27H27NO7S. The Morgan fingerprint density at radius 2 is 1.72 bits per heavy atom. The van der Waals surface area contributed by atoms with Gasteiger partial charge in [-0.3, -0.25) is 5.32 Å². The third kappa shape index (κ3) is 8.37. The molecule has 0 aromatic heterocycles. The van der Waals surface area contributed by atoms with Crippen LogP contribution in [0.5, 0.6) is 11.5 Å². The predicted molar refractivity (Wildman–Crippen MR) is 138 cm³/mol.